The van der Waals surface area contributed by atoms with Gasteiger partial charge in [0.1, 0.15) is 48.8 Å². The van der Waals surface area contributed by atoms with Crippen molar-refractivity contribution in [3.8, 4) is 0 Å². The van der Waals surface area contributed by atoms with E-state index in [1.165, 1.54) is 103 Å². The zero-order chi connectivity index (χ0) is 60.2. The van der Waals surface area contributed by atoms with E-state index >= 15 is 0 Å². The second-order valence-electron chi connectivity index (χ2n) is 22.5. The second-order valence-corrected chi connectivity index (χ2v) is 22.5. The summed E-state index contributed by atoms with van der Waals surface area (Å²) in [6.07, 6.45) is 58.0. The molecule has 14 heteroatoms. The van der Waals surface area contributed by atoms with E-state index in [-0.39, 0.29) is 18.9 Å². The van der Waals surface area contributed by atoms with Crippen molar-refractivity contribution in [2.75, 3.05) is 19.8 Å². The number of allylic oxidation sites excluding steroid dienone is 18. The fraction of sp³-hybridized carbons (Fsp3) is 0.725. The van der Waals surface area contributed by atoms with E-state index in [9.17, 15) is 45.6 Å². The first-order valence-corrected chi connectivity index (χ1v) is 32.6. The fourth-order valence-corrected chi connectivity index (χ4v) is 10.1. The van der Waals surface area contributed by atoms with Crippen molar-refractivity contribution in [3.63, 3.8) is 0 Å². The summed E-state index contributed by atoms with van der Waals surface area (Å²) in [6, 6.07) is -0.869. The van der Waals surface area contributed by atoms with Gasteiger partial charge in [0.25, 0.3) is 0 Å². The Morgan fingerprint density at radius 3 is 1.23 bits per heavy atom. The molecule has 0 aliphatic carbocycles. The van der Waals surface area contributed by atoms with Crippen LogP contribution in [0.4, 0.5) is 0 Å². The summed E-state index contributed by atoms with van der Waals surface area (Å²) in [6.45, 7) is 2.71. The molecule has 12 atom stereocenters. The molecular weight excluding hydrogens is 1050 g/mol. The molecule has 2 saturated heterocycles. The summed E-state index contributed by atoms with van der Waals surface area (Å²) in [5.41, 5.74) is 0. The SMILES string of the molecule is CC/C=C\C/C=C\C/C=C\C/C=C\C/C=C\C/C=C\C/C=C\C/C=C\C/C=C\CCCC(=O)NC(COC1OC(CO)C(OC2OC(CO)C(O)C(O)C2O)C(O)C1O)C(O)CCCCCCCCCCCCCCCCCCCCCC. The molecule has 0 aromatic carbocycles. The number of hydrogen-bond acceptors (Lipinski definition) is 13. The Balaban J connectivity index is 1.75. The van der Waals surface area contributed by atoms with Crippen molar-refractivity contribution in [2.45, 2.75) is 299 Å². The normalized spacial score (nSPS) is 24.6. The van der Waals surface area contributed by atoms with E-state index in [1.807, 2.05) is 0 Å². The summed E-state index contributed by atoms with van der Waals surface area (Å²) in [5, 5.41) is 87.4. The van der Waals surface area contributed by atoms with E-state index in [0.29, 0.717) is 19.3 Å². The summed E-state index contributed by atoms with van der Waals surface area (Å²) in [4.78, 5) is 13.3. The molecule has 0 bridgehead atoms. The molecule has 0 saturated carbocycles. The Morgan fingerprint density at radius 2 is 0.819 bits per heavy atom. The van der Waals surface area contributed by atoms with Gasteiger partial charge in [0, 0.05) is 6.42 Å². The topological polar surface area (TPSA) is 228 Å². The van der Waals surface area contributed by atoms with Crippen LogP contribution in [0.25, 0.3) is 0 Å². The predicted octanol–water partition coefficient (Wildman–Crippen LogP) is 12.4. The van der Waals surface area contributed by atoms with Crippen LogP contribution in [0.2, 0.25) is 0 Å². The maximum Gasteiger partial charge on any atom is 0.220 e. The van der Waals surface area contributed by atoms with Gasteiger partial charge in [-0.25, -0.2) is 0 Å². The summed E-state index contributed by atoms with van der Waals surface area (Å²) in [7, 11) is 0. The molecule has 2 heterocycles. The monoisotopic (exact) mass is 1170 g/mol. The number of aliphatic hydroxyl groups is 8. The summed E-state index contributed by atoms with van der Waals surface area (Å²) < 4.78 is 22.8. The maximum absolute atomic E-state index is 13.3. The van der Waals surface area contributed by atoms with Crippen molar-refractivity contribution < 1.29 is 64.6 Å². The molecule has 2 aliphatic rings. The van der Waals surface area contributed by atoms with Crippen molar-refractivity contribution >= 4 is 5.91 Å². The maximum atomic E-state index is 13.3. The van der Waals surface area contributed by atoms with Gasteiger partial charge in [-0.3, -0.25) is 4.79 Å². The van der Waals surface area contributed by atoms with Crippen molar-refractivity contribution in [1.82, 2.24) is 5.32 Å². The lowest BCUT2D eigenvalue weighted by Crippen LogP contribution is -2.65. The average Bonchev–Trinajstić information content (AvgIpc) is 3.65. The largest absolute Gasteiger partial charge is 0.394 e. The number of rotatable bonds is 51. The average molecular weight is 1170 g/mol. The highest BCUT2D eigenvalue weighted by Gasteiger charge is 2.51. The van der Waals surface area contributed by atoms with Crippen LogP contribution in [-0.2, 0) is 23.7 Å². The first kappa shape index (κ1) is 75.7. The Labute approximate surface area is 502 Å². The van der Waals surface area contributed by atoms with Crippen LogP contribution in [0, 0.1) is 0 Å². The molecule has 476 valence electrons. The Morgan fingerprint density at radius 1 is 0.446 bits per heavy atom. The van der Waals surface area contributed by atoms with Crippen LogP contribution in [0.3, 0.4) is 0 Å². The number of ether oxygens (including phenoxy) is 4. The third kappa shape index (κ3) is 37.7. The molecule has 83 heavy (non-hydrogen) atoms. The predicted molar refractivity (Wildman–Crippen MR) is 336 cm³/mol. The van der Waals surface area contributed by atoms with Gasteiger partial charge in [-0.05, 0) is 77.0 Å². The third-order valence-corrected chi connectivity index (χ3v) is 15.3. The standard InChI is InChI=1S/C69H117NO13/c1-3-5-7-9-11-13-15-17-19-21-23-25-26-27-28-29-30-31-32-33-35-37-39-41-43-45-47-49-51-53-61(74)70-57(58(73)52-50-48-46-44-42-40-38-36-34-24-22-20-18-16-14-12-10-8-6-4-2)56-80-68-66(79)64(77)67(60(55-72)82-68)83-69-65(78)63(76)62(75)59(54-71)81-69/h5,7,11,13,17,19,23,25,27-28,30-31,33,35,39,41,45,47,57-60,62-69,71-73,75-79H,3-4,6,8-10,12,14-16,18,20-22,24,26,29,32,34,36-38,40,42-44,46,48-56H2,1-2H3,(H,70,74)/b7-5-,13-11-,19-17-,25-23-,28-27-,31-30-,35-33-,41-39-,47-45-. The minimum Gasteiger partial charge on any atom is -0.394 e. The van der Waals surface area contributed by atoms with Gasteiger partial charge in [0.2, 0.25) is 5.91 Å². The van der Waals surface area contributed by atoms with Gasteiger partial charge in [-0.1, -0.05) is 252 Å². The Bertz CT molecular complexity index is 1810. The fourth-order valence-electron chi connectivity index (χ4n) is 10.1. The van der Waals surface area contributed by atoms with Crippen LogP contribution in [0.5, 0.6) is 0 Å². The number of nitrogens with one attached hydrogen (secondary N) is 1. The van der Waals surface area contributed by atoms with E-state index < -0.39 is 86.8 Å². The van der Waals surface area contributed by atoms with Gasteiger partial charge in [0.05, 0.1) is 32.0 Å². The molecular formula is C69H117NO13. The minimum atomic E-state index is -1.79. The van der Waals surface area contributed by atoms with E-state index in [2.05, 4.69) is 129 Å². The summed E-state index contributed by atoms with van der Waals surface area (Å²) >= 11 is 0. The number of carbonyl (C=O) groups excluding carboxylic acids is 1. The van der Waals surface area contributed by atoms with Crippen LogP contribution in [0.15, 0.2) is 109 Å². The van der Waals surface area contributed by atoms with E-state index in [0.717, 1.165) is 83.5 Å². The van der Waals surface area contributed by atoms with Crippen LogP contribution >= 0.6 is 0 Å². The molecule has 12 unspecified atom stereocenters. The molecule has 0 radical (unpaired) electrons. The Hall–Kier alpha value is -3.35. The third-order valence-electron chi connectivity index (χ3n) is 15.3. The van der Waals surface area contributed by atoms with Gasteiger partial charge in [-0.15, -0.1) is 0 Å². The number of amides is 1. The van der Waals surface area contributed by atoms with Gasteiger partial charge in [0.15, 0.2) is 12.6 Å². The molecule has 1 amide bonds. The lowest BCUT2D eigenvalue weighted by molar-refractivity contribution is -0.359. The second kappa shape index (κ2) is 52.9. The molecule has 9 N–H and O–H groups in total. The molecule has 2 rings (SSSR count). The van der Waals surface area contributed by atoms with Crippen molar-refractivity contribution in [2.24, 2.45) is 0 Å². The van der Waals surface area contributed by atoms with Gasteiger partial charge < -0.3 is 65.1 Å². The first-order chi connectivity index (χ1) is 40.6. The van der Waals surface area contributed by atoms with Gasteiger partial charge >= 0.3 is 0 Å². The molecule has 2 fully saturated rings. The van der Waals surface area contributed by atoms with Crippen molar-refractivity contribution in [3.05, 3.63) is 109 Å². The zero-order valence-corrected chi connectivity index (χ0v) is 51.4. The number of unbranched alkanes of at least 4 members (excludes halogenated alkanes) is 20. The lowest BCUT2D eigenvalue weighted by atomic mass is 9.97. The quantitative estimate of drug-likeness (QED) is 0.0204. The lowest BCUT2D eigenvalue weighted by Gasteiger charge is -2.46. The van der Waals surface area contributed by atoms with Crippen molar-refractivity contribution in [1.29, 1.82) is 0 Å². The first-order valence-electron chi connectivity index (χ1n) is 32.6. The zero-order valence-electron chi connectivity index (χ0n) is 51.4. The number of carbonyl (C=O) groups is 1. The van der Waals surface area contributed by atoms with Crippen LogP contribution in [-0.4, -0.2) is 140 Å². The number of aliphatic hydroxyl groups excluding tert-OH is 8. The smallest absolute Gasteiger partial charge is 0.220 e. The highest BCUT2D eigenvalue weighted by atomic mass is 16.7. The van der Waals surface area contributed by atoms with Crippen LogP contribution < -0.4 is 5.32 Å². The minimum absolute atomic E-state index is 0.217. The molecule has 0 aromatic rings. The van der Waals surface area contributed by atoms with Crippen LogP contribution in [0.1, 0.15) is 226 Å². The molecule has 0 spiro atoms. The van der Waals surface area contributed by atoms with Gasteiger partial charge in [-0.2, -0.15) is 0 Å². The Kier molecular flexibility index (Phi) is 48.3. The highest BCUT2D eigenvalue weighted by molar-refractivity contribution is 5.76. The number of hydrogen-bond donors (Lipinski definition) is 9. The summed E-state index contributed by atoms with van der Waals surface area (Å²) in [5.74, 6) is -0.267. The van der Waals surface area contributed by atoms with E-state index in [4.69, 9.17) is 18.9 Å². The highest BCUT2D eigenvalue weighted by Crippen LogP contribution is 2.30. The molecule has 14 nitrogen and oxygen atoms in total. The van der Waals surface area contributed by atoms with E-state index in [1.54, 1.807) is 0 Å². The molecule has 0 aromatic heterocycles. The molecule has 2 aliphatic heterocycles.